The number of nitrogens with two attached hydrogens (primary N) is 1. The molecule has 0 aromatic carbocycles. The molecule has 0 bridgehead atoms. The lowest BCUT2D eigenvalue weighted by Gasteiger charge is -2.00. The first-order valence-corrected chi connectivity index (χ1v) is 4.14. The highest BCUT2D eigenvalue weighted by molar-refractivity contribution is 7.11. The van der Waals surface area contributed by atoms with Gasteiger partial charge in [-0.15, -0.1) is 11.3 Å². The molecule has 0 fully saturated rings. The van der Waals surface area contributed by atoms with Crippen LogP contribution in [0.25, 0.3) is 0 Å². The Bertz CT molecular complexity index is 282. The van der Waals surface area contributed by atoms with E-state index in [9.17, 15) is 17.6 Å². The molecule has 0 aliphatic carbocycles. The molecule has 1 aromatic rings. The third-order valence-corrected chi connectivity index (χ3v) is 2.41. The van der Waals surface area contributed by atoms with Crippen molar-refractivity contribution in [1.82, 2.24) is 4.98 Å². The summed E-state index contributed by atoms with van der Waals surface area (Å²) in [7, 11) is 0. The average Bonchev–Trinajstić information content (AvgIpc) is 2.50. The normalized spacial score (nSPS) is 14.5. The number of hydrogen-bond acceptors (Lipinski definition) is 3. The van der Waals surface area contributed by atoms with Gasteiger partial charge in [-0.05, 0) is 0 Å². The van der Waals surface area contributed by atoms with Crippen molar-refractivity contribution in [3.63, 3.8) is 0 Å². The van der Waals surface area contributed by atoms with Gasteiger partial charge in [0.25, 0.3) is 0 Å². The topological polar surface area (TPSA) is 38.9 Å². The summed E-state index contributed by atoms with van der Waals surface area (Å²) in [6.07, 6.45) is -5.20. The smallest absolute Gasteiger partial charge is 0.327 e. The molecule has 1 atom stereocenters. The molecule has 1 unspecified atom stereocenters. The quantitative estimate of drug-likeness (QED) is 0.766. The van der Waals surface area contributed by atoms with E-state index in [4.69, 9.17) is 5.73 Å². The molecule has 7 heteroatoms. The van der Waals surface area contributed by atoms with E-state index >= 15 is 0 Å². The van der Waals surface area contributed by atoms with Gasteiger partial charge in [-0.1, -0.05) is 0 Å². The maximum absolute atomic E-state index is 12.7. The molecule has 0 radical (unpaired) electrons. The summed E-state index contributed by atoms with van der Waals surface area (Å²) >= 11 is 0.281. The van der Waals surface area contributed by atoms with Crippen LogP contribution in [0.1, 0.15) is 16.1 Å². The van der Waals surface area contributed by atoms with Crippen LogP contribution in [-0.2, 0) is 6.18 Å². The lowest BCUT2D eigenvalue weighted by Crippen LogP contribution is -2.06. The third-order valence-electron chi connectivity index (χ3n) is 1.28. The Hall–Kier alpha value is -0.690. The molecule has 2 N–H and O–H groups in total. The molecule has 1 aromatic heterocycles. The minimum absolute atomic E-state index is 0.0881. The van der Waals surface area contributed by atoms with Crippen molar-refractivity contribution in [2.45, 2.75) is 12.3 Å². The minimum Gasteiger partial charge on any atom is -0.327 e. The molecule has 2 nitrogen and oxygen atoms in total. The molecule has 0 aliphatic heterocycles. The number of nitrogens with zero attached hydrogens (tertiary/aromatic N) is 1. The van der Waals surface area contributed by atoms with Gasteiger partial charge in [0.1, 0.15) is 6.17 Å². The number of aromatic nitrogens is 1. The van der Waals surface area contributed by atoms with Crippen LogP contribution in [0.2, 0.25) is 0 Å². The molecule has 13 heavy (non-hydrogen) atoms. The van der Waals surface area contributed by atoms with E-state index in [-0.39, 0.29) is 22.8 Å². The summed E-state index contributed by atoms with van der Waals surface area (Å²) in [5.41, 5.74) is 4.95. The molecule has 0 aliphatic rings. The summed E-state index contributed by atoms with van der Waals surface area (Å²) in [6.45, 7) is -0.334. The highest BCUT2D eigenvalue weighted by Gasteiger charge is 2.35. The zero-order valence-corrected chi connectivity index (χ0v) is 7.12. The first-order valence-electron chi connectivity index (χ1n) is 3.32. The molecule has 0 saturated carbocycles. The van der Waals surface area contributed by atoms with Crippen molar-refractivity contribution in [1.29, 1.82) is 0 Å². The molecular weight excluding hydrogens is 208 g/mol. The Morgan fingerprint density at radius 1 is 1.54 bits per heavy atom. The van der Waals surface area contributed by atoms with E-state index in [2.05, 4.69) is 4.98 Å². The van der Waals surface area contributed by atoms with Crippen LogP contribution in [0.5, 0.6) is 0 Å². The molecule has 0 spiro atoms. The van der Waals surface area contributed by atoms with E-state index in [1.165, 1.54) is 0 Å². The largest absolute Gasteiger partial charge is 0.443 e. The SMILES string of the molecule is NCC(F)c1cnc(C(F)(F)F)s1. The van der Waals surface area contributed by atoms with Crippen LogP contribution in [0.15, 0.2) is 6.20 Å². The highest BCUT2D eigenvalue weighted by atomic mass is 32.1. The fourth-order valence-electron chi connectivity index (χ4n) is 0.679. The van der Waals surface area contributed by atoms with Gasteiger partial charge in [0.15, 0.2) is 5.01 Å². The number of hydrogen-bond donors (Lipinski definition) is 1. The van der Waals surface area contributed by atoms with Crippen LogP contribution in [-0.4, -0.2) is 11.5 Å². The van der Waals surface area contributed by atoms with Gasteiger partial charge in [0.2, 0.25) is 0 Å². The molecule has 74 valence electrons. The van der Waals surface area contributed by atoms with Gasteiger partial charge in [-0.3, -0.25) is 0 Å². The summed E-state index contributed by atoms with van der Waals surface area (Å²) in [6, 6.07) is 0. The lowest BCUT2D eigenvalue weighted by molar-refractivity contribution is -0.137. The Morgan fingerprint density at radius 3 is 2.54 bits per heavy atom. The van der Waals surface area contributed by atoms with E-state index in [1.807, 2.05) is 0 Å². The second kappa shape index (κ2) is 3.59. The standard InChI is InChI=1S/C6H6F4N2S/c7-3(1-11)4-2-12-5(13-4)6(8,9)10/h2-3H,1,11H2. The second-order valence-corrected chi connectivity index (χ2v) is 3.33. The number of thiazole rings is 1. The highest BCUT2D eigenvalue weighted by Crippen LogP contribution is 2.34. The Balaban J connectivity index is 2.87. The van der Waals surface area contributed by atoms with Crippen molar-refractivity contribution >= 4 is 11.3 Å². The monoisotopic (exact) mass is 214 g/mol. The van der Waals surface area contributed by atoms with Gasteiger partial charge in [0, 0.05) is 12.7 Å². The van der Waals surface area contributed by atoms with Crippen molar-refractivity contribution < 1.29 is 17.6 Å². The Kier molecular flexibility index (Phi) is 2.87. The Labute approximate surface area is 75.4 Å². The second-order valence-electron chi connectivity index (χ2n) is 2.27. The number of alkyl halides is 4. The van der Waals surface area contributed by atoms with Crippen molar-refractivity contribution in [2.75, 3.05) is 6.54 Å². The maximum atomic E-state index is 12.7. The van der Waals surface area contributed by atoms with Crippen LogP contribution in [0.3, 0.4) is 0 Å². The van der Waals surface area contributed by atoms with Gasteiger partial charge >= 0.3 is 6.18 Å². The summed E-state index contributed by atoms with van der Waals surface area (Å²) in [5.74, 6) is 0. The first-order chi connectivity index (χ1) is 5.95. The van der Waals surface area contributed by atoms with E-state index in [0.29, 0.717) is 0 Å². The molecule has 1 heterocycles. The zero-order chi connectivity index (χ0) is 10.1. The summed E-state index contributed by atoms with van der Waals surface area (Å²) in [4.78, 5) is 2.97. The van der Waals surface area contributed by atoms with Crippen molar-refractivity contribution in [2.24, 2.45) is 5.73 Å². The molecule has 0 amide bonds. The summed E-state index contributed by atoms with van der Waals surface area (Å²) in [5, 5.41) is -1.04. The number of halogens is 4. The maximum Gasteiger partial charge on any atom is 0.443 e. The first kappa shape index (κ1) is 10.4. The minimum atomic E-state index is -4.50. The van der Waals surface area contributed by atoms with Gasteiger partial charge in [-0.2, -0.15) is 13.2 Å². The van der Waals surface area contributed by atoms with Gasteiger partial charge in [-0.25, -0.2) is 9.37 Å². The average molecular weight is 214 g/mol. The van der Waals surface area contributed by atoms with Crippen molar-refractivity contribution in [3.8, 4) is 0 Å². The number of rotatable bonds is 2. The Morgan fingerprint density at radius 2 is 2.15 bits per heavy atom. The molecule has 0 saturated heterocycles. The van der Waals surface area contributed by atoms with E-state index < -0.39 is 17.4 Å². The third kappa shape index (κ3) is 2.38. The summed E-state index contributed by atoms with van der Waals surface area (Å²) < 4.78 is 48.6. The van der Waals surface area contributed by atoms with E-state index in [0.717, 1.165) is 6.20 Å². The van der Waals surface area contributed by atoms with Gasteiger partial charge in [0.05, 0.1) is 4.88 Å². The molecule has 1 rings (SSSR count). The fraction of sp³-hybridized carbons (Fsp3) is 0.500. The lowest BCUT2D eigenvalue weighted by atomic mass is 10.3. The van der Waals surface area contributed by atoms with Crippen LogP contribution in [0, 0.1) is 0 Å². The zero-order valence-electron chi connectivity index (χ0n) is 6.31. The van der Waals surface area contributed by atoms with Crippen LogP contribution >= 0.6 is 11.3 Å². The van der Waals surface area contributed by atoms with E-state index in [1.54, 1.807) is 0 Å². The predicted octanol–water partition coefficient (Wildman–Crippen LogP) is 2.13. The van der Waals surface area contributed by atoms with Crippen LogP contribution < -0.4 is 5.73 Å². The van der Waals surface area contributed by atoms with Crippen molar-refractivity contribution in [3.05, 3.63) is 16.1 Å². The van der Waals surface area contributed by atoms with Gasteiger partial charge < -0.3 is 5.73 Å². The van der Waals surface area contributed by atoms with Crippen LogP contribution in [0.4, 0.5) is 17.6 Å². The molecular formula is C6H6F4N2S. The predicted molar refractivity (Wildman–Crippen MR) is 40.0 cm³/mol. The fourth-order valence-corrected chi connectivity index (χ4v) is 1.45.